The van der Waals surface area contributed by atoms with Gasteiger partial charge in [0.2, 0.25) is 0 Å². The van der Waals surface area contributed by atoms with Gasteiger partial charge in [0.05, 0.1) is 24.9 Å². The van der Waals surface area contributed by atoms with Gasteiger partial charge in [0.15, 0.2) is 0 Å². The number of aromatic nitrogens is 5. The fraction of sp³-hybridized carbons (Fsp3) is 0.217. The molecule has 4 aromatic rings. The summed E-state index contributed by atoms with van der Waals surface area (Å²) >= 11 is 0. The highest BCUT2D eigenvalue weighted by Gasteiger charge is 2.22. The van der Waals surface area contributed by atoms with Gasteiger partial charge in [0, 0.05) is 47.8 Å². The minimum atomic E-state index is 0.232. The predicted octanol–water partition coefficient (Wildman–Crippen LogP) is 3.04. The molecule has 1 atom stereocenters. The van der Waals surface area contributed by atoms with Gasteiger partial charge < -0.3 is 9.64 Å². The second-order valence-corrected chi connectivity index (χ2v) is 7.16. The Kier molecular flexibility index (Phi) is 4.83. The van der Waals surface area contributed by atoms with Gasteiger partial charge in [-0.1, -0.05) is 11.8 Å². The quantitative estimate of drug-likeness (QED) is 0.525. The van der Waals surface area contributed by atoms with Gasteiger partial charge in [0.1, 0.15) is 17.0 Å². The summed E-state index contributed by atoms with van der Waals surface area (Å²) in [5.74, 6) is 7.43. The molecule has 1 N–H and O–H groups in total. The molecule has 1 saturated heterocycles. The van der Waals surface area contributed by atoms with Crippen molar-refractivity contribution in [3.63, 3.8) is 0 Å². The number of pyridine rings is 3. The summed E-state index contributed by atoms with van der Waals surface area (Å²) < 4.78 is 5.61. The van der Waals surface area contributed by atoms with E-state index in [0.717, 1.165) is 45.8 Å². The van der Waals surface area contributed by atoms with Crippen LogP contribution in [0.3, 0.4) is 0 Å². The third kappa shape index (κ3) is 3.49. The van der Waals surface area contributed by atoms with Crippen molar-refractivity contribution in [1.29, 1.82) is 0 Å². The first kappa shape index (κ1) is 18.3. The molecule has 0 amide bonds. The van der Waals surface area contributed by atoms with E-state index in [0.29, 0.717) is 13.2 Å². The summed E-state index contributed by atoms with van der Waals surface area (Å²) in [6.45, 7) is 4.29. The van der Waals surface area contributed by atoms with Crippen LogP contribution in [0.25, 0.3) is 22.3 Å². The fourth-order valence-electron chi connectivity index (χ4n) is 3.62. The molecule has 0 bridgehead atoms. The van der Waals surface area contributed by atoms with E-state index in [2.05, 4.69) is 49.9 Å². The van der Waals surface area contributed by atoms with Crippen molar-refractivity contribution in [3.8, 4) is 23.2 Å². The molecule has 5 heterocycles. The van der Waals surface area contributed by atoms with Crippen molar-refractivity contribution in [2.45, 2.75) is 13.0 Å². The number of ether oxygens (including phenoxy) is 1. The summed E-state index contributed by atoms with van der Waals surface area (Å²) in [7, 11) is 0. The summed E-state index contributed by atoms with van der Waals surface area (Å²) in [6.07, 6.45) is 7.01. The van der Waals surface area contributed by atoms with Gasteiger partial charge in [-0.25, -0.2) is 4.98 Å². The van der Waals surface area contributed by atoms with E-state index in [1.54, 1.807) is 24.8 Å². The molecule has 1 fully saturated rings. The normalized spacial score (nSPS) is 16.3. The van der Waals surface area contributed by atoms with Crippen molar-refractivity contribution < 1.29 is 4.74 Å². The number of nitrogens with zero attached hydrogens (tertiary/aromatic N) is 5. The Hall–Kier alpha value is -3.76. The van der Waals surface area contributed by atoms with Gasteiger partial charge >= 0.3 is 0 Å². The van der Waals surface area contributed by atoms with E-state index < -0.39 is 0 Å². The van der Waals surface area contributed by atoms with Crippen molar-refractivity contribution in [3.05, 3.63) is 66.2 Å². The molecule has 1 aliphatic rings. The van der Waals surface area contributed by atoms with Crippen LogP contribution in [0.2, 0.25) is 0 Å². The van der Waals surface area contributed by atoms with E-state index in [1.807, 2.05) is 24.3 Å². The lowest BCUT2D eigenvalue weighted by Crippen LogP contribution is -2.44. The second-order valence-electron chi connectivity index (χ2n) is 7.16. The molecule has 30 heavy (non-hydrogen) atoms. The summed E-state index contributed by atoms with van der Waals surface area (Å²) in [5.41, 5.74) is 4.16. The predicted molar refractivity (Wildman–Crippen MR) is 115 cm³/mol. The first-order valence-corrected chi connectivity index (χ1v) is 9.85. The van der Waals surface area contributed by atoms with E-state index in [1.165, 1.54) is 0 Å². The maximum atomic E-state index is 5.61. The fourth-order valence-corrected chi connectivity index (χ4v) is 3.62. The number of hydrogen-bond donors (Lipinski definition) is 1. The second kappa shape index (κ2) is 7.93. The molecular weight excluding hydrogens is 376 g/mol. The number of nitrogens with one attached hydrogen (secondary N) is 1. The van der Waals surface area contributed by atoms with Gasteiger partial charge in [-0.2, -0.15) is 5.10 Å². The lowest BCUT2D eigenvalue weighted by atomic mass is 10.1. The molecule has 4 aromatic heterocycles. The Balaban J connectivity index is 1.71. The molecule has 0 saturated carbocycles. The van der Waals surface area contributed by atoms with Crippen LogP contribution in [0.4, 0.5) is 5.82 Å². The summed E-state index contributed by atoms with van der Waals surface area (Å²) in [6, 6.07) is 9.98. The Morgan fingerprint density at radius 1 is 1.17 bits per heavy atom. The first-order valence-electron chi connectivity index (χ1n) is 9.85. The monoisotopic (exact) mass is 396 g/mol. The van der Waals surface area contributed by atoms with Crippen LogP contribution in [0.5, 0.6) is 0 Å². The minimum absolute atomic E-state index is 0.232. The average molecular weight is 396 g/mol. The number of aromatic amines is 1. The van der Waals surface area contributed by atoms with E-state index in [9.17, 15) is 0 Å². The van der Waals surface area contributed by atoms with Gasteiger partial charge in [0.25, 0.3) is 0 Å². The highest BCUT2D eigenvalue weighted by Crippen LogP contribution is 2.30. The van der Waals surface area contributed by atoms with E-state index >= 15 is 0 Å². The number of morpholine rings is 1. The molecule has 0 aromatic carbocycles. The molecule has 0 radical (unpaired) electrons. The maximum Gasteiger partial charge on any atom is 0.130 e. The molecule has 5 rings (SSSR count). The molecule has 1 aliphatic heterocycles. The Morgan fingerprint density at radius 2 is 2.13 bits per heavy atom. The van der Waals surface area contributed by atoms with Crippen LogP contribution < -0.4 is 4.90 Å². The molecule has 7 nitrogen and oxygen atoms in total. The third-order valence-electron chi connectivity index (χ3n) is 5.14. The van der Waals surface area contributed by atoms with Crippen LogP contribution in [-0.2, 0) is 4.74 Å². The SMILES string of the molecule is C[C@@H]1COCCN1c1cc(C#Cc2cccnc2)c2ccnc(-c3ccn[nH]3)c2n1. The highest BCUT2D eigenvalue weighted by atomic mass is 16.5. The highest BCUT2D eigenvalue weighted by molar-refractivity contribution is 5.95. The number of fused-ring (bicyclic) bond motifs is 1. The first-order chi connectivity index (χ1) is 14.8. The summed E-state index contributed by atoms with van der Waals surface area (Å²) in [5, 5.41) is 8.03. The van der Waals surface area contributed by atoms with E-state index in [-0.39, 0.29) is 6.04 Å². The summed E-state index contributed by atoms with van der Waals surface area (Å²) in [4.78, 5) is 16.0. The Morgan fingerprint density at radius 3 is 2.93 bits per heavy atom. The number of rotatable bonds is 2. The number of hydrogen-bond acceptors (Lipinski definition) is 6. The largest absolute Gasteiger partial charge is 0.377 e. The standard InChI is InChI=1S/C23H20N6O/c1-16-15-30-12-11-29(16)21-13-18(5-4-17-3-2-8-24-14-17)19-6-9-25-23(22(19)27-21)20-7-10-26-28-20/h2-3,6-10,13-14,16H,11-12,15H2,1H3,(H,26,28)/t16-/m1/s1. The van der Waals surface area contributed by atoms with E-state index in [4.69, 9.17) is 9.72 Å². The van der Waals surface area contributed by atoms with Crippen LogP contribution in [0.15, 0.2) is 55.1 Å². The topological polar surface area (TPSA) is 79.8 Å². The van der Waals surface area contributed by atoms with Crippen LogP contribution in [0.1, 0.15) is 18.1 Å². The molecule has 7 heteroatoms. The third-order valence-corrected chi connectivity index (χ3v) is 5.14. The van der Waals surface area contributed by atoms with Crippen molar-refractivity contribution in [1.82, 2.24) is 25.1 Å². The molecular formula is C23H20N6O. The number of anilines is 1. The lowest BCUT2D eigenvalue weighted by molar-refractivity contribution is 0.0986. The van der Waals surface area contributed by atoms with Crippen LogP contribution >= 0.6 is 0 Å². The van der Waals surface area contributed by atoms with Gasteiger partial charge in [-0.05, 0) is 37.3 Å². The molecule has 0 aliphatic carbocycles. The van der Waals surface area contributed by atoms with Crippen LogP contribution in [0, 0.1) is 11.8 Å². The van der Waals surface area contributed by atoms with Crippen LogP contribution in [-0.4, -0.2) is 50.9 Å². The minimum Gasteiger partial charge on any atom is -0.377 e. The Labute approximate surface area is 174 Å². The van der Waals surface area contributed by atoms with Crippen molar-refractivity contribution in [2.75, 3.05) is 24.7 Å². The van der Waals surface area contributed by atoms with Gasteiger partial charge in [-0.15, -0.1) is 0 Å². The average Bonchev–Trinajstić information content (AvgIpc) is 3.33. The number of H-pyrrole nitrogens is 1. The van der Waals surface area contributed by atoms with Gasteiger partial charge in [-0.3, -0.25) is 15.1 Å². The molecule has 0 spiro atoms. The zero-order chi connectivity index (χ0) is 20.3. The smallest absolute Gasteiger partial charge is 0.130 e. The maximum absolute atomic E-state index is 5.61. The van der Waals surface area contributed by atoms with Crippen molar-refractivity contribution in [2.24, 2.45) is 0 Å². The van der Waals surface area contributed by atoms with Crippen molar-refractivity contribution >= 4 is 16.7 Å². The molecule has 148 valence electrons. The lowest BCUT2D eigenvalue weighted by Gasteiger charge is -2.34. The zero-order valence-corrected chi connectivity index (χ0v) is 16.5. The Bertz CT molecular complexity index is 1230. The molecule has 0 unspecified atom stereocenters. The zero-order valence-electron chi connectivity index (χ0n) is 16.5.